The molecule has 154 valence electrons. The SMILES string of the molecule is O=C(c1ccc(N2CCCC2)c([N+](=O)[O-])c1)N(Cc1ccccc1)Cc1ccco1. The summed E-state index contributed by atoms with van der Waals surface area (Å²) in [6, 6.07) is 18.0. The van der Waals surface area contributed by atoms with Crippen molar-refractivity contribution in [1.82, 2.24) is 4.90 Å². The van der Waals surface area contributed by atoms with Crippen molar-refractivity contribution >= 4 is 17.3 Å². The lowest BCUT2D eigenvalue weighted by Gasteiger charge is -2.23. The van der Waals surface area contributed by atoms with Gasteiger partial charge < -0.3 is 14.2 Å². The molecule has 2 heterocycles. The first kappa shape index (κ1) is 19.7. The summed E-state index contributed by atoms with van der Waals surface area (Å²) in [5, 5.41) is 11.7. The van der Waals surface area contributed by atoms with Crippen molar-refractivity contribution in [1.29, 1.82) is 0 Å². The average Bonchev–Trinajstić information content (AvgIpc) is 3.47. The van der Waals surface area contributed by atoms with Gasteiger partial charge in [-0.1, -0.05) is 30.3 Å². The number of carbonyl (C=O) groups excluding carboxylic acids is 1. The van der Waals surface area contributed by atoms with Gasteiger partial charge >= 0.3 is 0 Å². The Morgan fingerprint density at radius 3 is 2.47 bits per heavy atom. The topological polar surface area (TPSA) is 79.8 Å². The number of amides is 1. The summed E-state index contributed by atoms with van der Waals surface area (Å²) >= 11 is 0. The molecule has 7 heteroatoms. The van der Waals surface area contributed by atoms with E-state index >= 15 is 0 Å². The van der Waals surface area contributed by atoms with Crippen LogP contribution in [0.5, 0.6) is 0 Å². The Morgan fingerprint density at radius 1 is 1.03 bits per heavy atom. The van der Waals surface area contributed by atoms with E-state index in [4.69, 9.17) is 4.42 Å². The molecule has 30 heavy (non-hydrogen) atoms. The summed E-state index contributed by atoms with van der Waals surface area (Å²) in [4.78, 5) is 28.3. The fraction of sp³-hybridized carbons (Fsp3) is 0.261. The van der Waals surface area contributed by atoms with E-state index in [1.807, 2.05) is 41.3 Å². The summed E-state index contributed by atoms with van der Waals surface area (Å²) in [5.41, 5.74) is 1.82. The van der Waals surface area contributed by atoms with E-state index in [0.717, 1.165) is 31.5 Å². The van der Waals surface area contributed by atoms with Crippen molar-refractivity contribution in [3.8, 4) is 0 Å². The second kappa shape index (κ2) is 8.82. The van der Waals surface area contributed by atoms with Gasteiger partial charge in [0.25, 0.3) is 11.6 Å². The Morgan fingerprint density at radius 2 is 1.80 bits per heavy atom. The van der Waals surface area contributed by atoms with Gasteiger partial charge in [-0.15, -0.1) is 0 Å². The zero-order valence-electron chi connectivity index (χ0n) is 16.6. The molecule has 3 aromatic rings. The maximum Gasteiger partial charge on any atom is 0.293 e. The van der Waals surface area contributed by atoms with Crippen LogP contribution >= 0.6 is 0 Å². The highest BCUT2D eigenvalue weighted by Gasteiger charge is 2.26. The fourth-order valence-corrected chi connectivity index (χ4v) is 3.80. The van der Waals surface area contributed by atoms with Crippen LogP contribution in [-0.2, 0) is 13.1 Å². The van der Waals surface area contributed by atoms with Gasteiger partial charge in [-0.3, -0.25) is 14.9 Å². The van der Waals surface area contributed by atoms with Crippen molar-refractivity contribution < 1.29 is 14.1 Å². The molecule has 0 saturated carbocycles. The molecule has 0 radical (unpaired) electrons. The number of furan rings is 1. The minimum Gasteiger partial charge on any atom is -0.467 e. The van der Waals surface area contributed by atoms with E-state index in [2.05, 4.69) is 0 Å². The molecule has 0 unspecified atom stereocenters. The first-order valence-electron chi connectivity index (χ1n) is 10.0. The largest absolute Gasteiger partial charge is 0.467 e. The van der Waals surface area contributed by atoms with E-state index in [9.17, 15) is 14.9 Å². The van der Waals surface area contributed by atoms with Gasteiger partial charge in [-0.2, -0.15) is 0 Å². The second-order valence-electron chi connectivity index (χ2n) is 7.38. The third kappa shape index (κ3) is 4.35. The number of carbonyl (C=O) groups is 1. The van der Waals surface area contributed by atoms with Crippen LogP contribution in [0.1, 0.15) is 34.5 Å². The molecule has 1 aliphatic heterocycles. The minimum atomic E-state index is -0.404. The molecule has 0 bridgehead atoms. The number of rotatable bonds is 7. The van der Waals surface area contributed by atoms with Gasteiger partial charge in [0.1, 0.15) is 11.4 Å². The summed E-state index contributed by atoms with van der Waals surface area (Å²) in [6.45, 7) is 2.25. The van der Waals surface area contributed by atoms with Crippen LogP contribution in [0.4, 0.5) is 11.4 Å². The molecule has 1 amide bonds. The Hall–Kier alpha value is -3.61. The highest BCUT2D eigenvalue weighted by Crippen LogP contribution is 2.32. The van der Waals surface area contributed by atoms with Crippen molar-refractivity contribution in [2.75, 3.05) is 18.0 Å². The molecule has 0 spiro atoms. The smallest absolute Gasteiger partial charge is 0.293 e. The normalized spacial score (nSPS) is 13.4. The highest BCUT2D eigenvalue weighted by atomic mass is 16.6. The lowest BCUT2D eigenvalue weighted by Crippen LogP contribution is -2.30. The molecule has 4 rings (SSSR count). The Balaban J connectivity index is 1.64. The Labute approximate surface area is 174 Å². The number of benzene rings is 2. The number of hydrogen-bond acceptors (Lipinski definition) is 5. The highest BCUT2D eigenvalue weighted by molar-refractivity contribution is 5.95. The van der Waals surface area contributed by atoms with Gasteiger partial charge in [0.2, 0.25) is 0 Å². The molecule has 1 aliphatic rings. The van der Waals surface area contributed by atoms with E-state index < -0.39 is 4.92 Å². The summed E-state index contributed by atoms with van der Waals surface area (Å²) < 4.78 is 5.43. The van der Waals surface area contributed by atoms with Gasteiger partial charge in [-0.25, -0.2) is 0 Å². The van der Waals surface area contributed by atoms with Crippen LogP contribution in [-0.4, -0.2) is 28.8 Å². The zero-order valence-corrected chi connectivity index (χ0v) is 16.6. The third-order valence-electron chi connectivity index (χ3n) is 5.30. The van der Waals surface area contributed by atoms with Gasteiger partial charge in [0, 0.05) is 31.3 Å². The summed E-state index contributed by atoms with van der Waals surface area (Å²) in [7, 11) is 0. The number of nitrogens with zero attached hydrogens (tertiary/aromatic N) is 3. The van der Waals surface area contributed by atoms with Gasteiger partial charge in [-0.05, 0) is 42.7 Å². The maximum absolute atomic E-state index is 13.3. The molecule has 0 aliphatic carbocycles. The number of hydrogen-bond donors (Lipinski definition) is 0. The first-order valence-corrected chi connectivity index (χ1v) is 10.0. The van der Waals surface area contributed by atoms with Crippen LogP contribution in [0, 0.1) is 10.1 Å². The van der Waals surface area contributed by atoms with Crippen LogP contribution in [0.3, 0.4) is 0 Å². The summed E-state index contributed by atoms with van der Waals surface area (Å²) in [6.07, 6.45) is 3.61. The second-order valence-corrected chi connectivity index (χ2v) is 7.38. The van der Waals surface area contributed by atoms with Crippen LogP contribution < -0.4 is 4.90 Å². The molecule has 0 atom stereocenters. The molecule has 2 aromatic carbocycles. The molecule has 7 nitrogen and oxygen atoms in total. The molecule has 1 aromatic heterocycles. The van der Waals surface area contributed by atoms with E-state index in [0.29, 0.717) is 23.6 Å². The predicted octanol–water partition coefficient (Wildman–Crippen LogP) is 4.63. The standard InChI is InChI=1S/C23H23N3O4/c27-23(19-10-11-21(22(15-19)26(28)29)24-12-4-5-13-24)25(17-20-9-6-14-30-20)16-18-7-2-1-3-8-18/h1-3,6-11,14-15H,4-5,12-13,16-17H2. The average molecular weight is 405 g/mol. The van der Waals surface area contributed by atoms with E-state index in [1.165, 1.54) is 6.07 Å². The van der Waals surface area contributed by atoms with Crippen molar-refractivity contribution in [2.24, 2.45) is 0 Å². The molecule has 0 N–H and O–H groups in total. The Kier molecular flexibility index (Phi) is 5.79. The van der Waals surface area contributed by atoms with Gasteiger partial charge in [0.15, 0.2) is 0 Å². The van der Waals surface area contributed by atoms with Crippen LogP contribution in [0.25, 0.3) is 0 Å². The van der Waals surface area contributed by atoms with Crippen molar-refractivity contribution in [3.05, 3.63) is 93.9 Å². The fourth-order valence-electron chi connectivity index (χ4n) is 3.80. The van der Waals surface area contributed by atoms with Crippen LogP contribution in [0.15, 0.2) is 71.3 Å². The zero-order chi connectivity index (χ0) is 20.9. The van der Waals surface area contributed by atoms with Gasteiger partial charge in [0.05, 0.1) is 17.7 Å². The minimum absolute atomic E-state index is 0.0274. The molecular weight excluding hydrogens is 382 g/mol. The Bertz CT molecular complexity index is 1010. The first-order chi connectivity index (χ1) is 14.6. The van der Waals surface area contributed by atoms with Crippen molar-refractivity contribution in [2.45, 2.75) is 25.9 Å². The molecule has 1 saturated heterocycles. The number of nitro groups is 1. The maximum atomic E-state index is 13.3. The lowest BCUT2D eigenvalue weighted by molar-refractivity contribution is -0.384. The predicted molar refractivity (Wildman–Crippen MR) is 113 cm³/mol. The van der Waals surface area contributed by atoms with E-state index in [1.54, 1.807) is 29.4 Å². The molecule has 1 fully saturated rings. The lowest BCUT2D eigenvalue weighted by atomic mass is 10.1. The third-order valence-corrected chi connectivity index (χ3v) is 5.30. The number of nitro benzene ring substituents is 1. The van der Waals surface area contributed by atoms with Crippen molar-refractivity contribution in [3.63, 3.8) is 0 Å². The number of anilines is 1. The quantitative estimate of drug-likeness (QED) is 0.423. The monoisotopic (exact) mass is 405 g/mol. The van der Waals surface area contributed by atoms with Crippen LogP contribution in [0.2, 0.25) is 0 Å². The molecular formula is C23H23N3O4. The summed E-state index contributed by atoms with van der Waals surface area (Å²) in [5.74, 6) is 0.383. The van der Waals surface area contributed by atoms with E-state index in [-0.39, 0.29) is 18.1 Å².